The first-order valence-electron chi connectivity index (χ1n) is 10.2. The molecule has 34 heavy (non-hydrogen) atoms. The quantitative estimate of drug-likeness (QED) is 0.441. The van der Waals surface area contributed by atoms with Crippen LogP contribution in [0.3, 0.4) is 0 Å². The van der Waals surface area contributed by atoms with Gasteiger partial charge in [0.2, 0.25) is 11.7 Å². The van der Waals surface area contributed by atoms with Crippen LogP contribution in [0.25, 0.3) is 16.4 Å². The van der Waals surface area contributed by atoms with Crippen molar-refractivity contribution in [3.05, 3.63) is 83.5 Å². The molecule has 2 aromatic heterocycles. The molecule has 1 fully saturated rings. The second-order valence-electron chi connectivity index (χ2n) is 7.39. The van der Waals surface area contributed by atoms with E-state index in [1.165, 1.54) is 63.0 Å². The lowest BCUT2D eigenvalue weighted by Crippen LogP contribution is -2.45. The number of carbonyl (C=O) groups is 2. The Balaban J connectivity index is 1.45. The summed E-state index contributed by atoms with van der Waals surface area (Å²) in [5, 5.41) is 8.78. The molecule has 1 atom stereocenters. The number of hydrogen-bond acceptors (Lipinski definition) is 6. The summed E-state index contributed by atoms with van der Waals surface area (Å²) in [6.07, 6.45) is 0. The SMILES string of the molecule is O=C(Nc1ccccc1F)C1CSCN1C(=O)c1nc(-c2cccs2)n(-c2cccc(F)c2)n1. The first-order valence-corrected chi connectivity index (χ1v) is 12.3. The summed E-state index contributed by atoms with van der Waals surface area (Å²) in [5.74, 6) is -1.14. The highest BCUT2D eigenvalue weighted by Crippen LogP contribution is 2.28. The van der Waals surface area contributed by atoms with Crippen molar-refractivity contribution < 1.29 is 18.4 Å². The van der Waals surface area contributed by atoms with Crippen LogP contribution in [0, 0.1) is 11.6 Å². The van der Waals surface area contributed by atoms with E-state index in [9.17, 15) is 18.4 Å². The Morgan fingerprint density at radius 1 is 1.06 bits per heavy atom. The van der Waals surface area contributed by atoms with Crippen LogP contribution in [0.2, 0.25) is 0 Å². The van der Waals surface area contributed by atoms with Gasteiger partial charge in [-0.25, -0.2) is 18.4 Å². The lowest BCUT2D eigenvalue weighted by molar-refractivity contribution is -0.119. The summed E-state index contributed by atoms with van der Waals surface area (Å²) in [5.41, 5.74) is 0.463. The molecule has 2 aromatic carbocycles. The molecule has 4 aromatic rings. The molecule has 11 heteroatoms. The Hall–Kier alpha value is -3.57. The topological polar surface area (TPSA) is 80.1 Å². The first-order chi connectivity index (χ1) is 16.5. The van der Waals surface area contributed by atoms with E-state index in [0.29, 0.717) is 17.3 Å². The van der Waals surface area contributed by atoms with Gasteiger partial charge in [-0.3, -0.25) is 9.59 Å². The number of amides is 2. The van der Waals surface area contributed by atoms with Crippen molar-refractivity contribution in [1.82, 2.24) is 19.7 Å². The summed E-state index contributed by atoms with van der Waals surface area (Å²) in [4.78, 5) is 32.8. The monoisotopic (exact) mass is 497 g/mol. The number of halogens is 2. The van der Waals surface area contributed by atoms with Crippen LogP contribution in [-0.4, -0.2) is 49.2 Å². The molecule has 1 aliphatic heterocycles. The maximum atomic E-state index is 14.0. The molecule has 5 rings (SSSR count). The minimum Gasteiger partial charge on any atom is -0.322 e. The van der Waals surface area contributed by atoms with Crippen molar-refractivity contribution >= 4 is 40.6 Å². The first kappa shape index (κ1) is 22.2. The van der Waals surface area contributed by atoms with Crippen molar-refractivity contribution in [2.45, 2.75) is 6.04 Å². The van der Waals surface area contributed by atoms with E-state index in [-0.39, 0.29) is 17.4 Å². The summed E-state index contributed by atoms with van der Waals surface area (Å²) in [7, 11) is 0. The molecule has 1 aliphatic rings. The highest BCUT2D eigenvalue weighted by Gasteiger charge is 2.37. The van der Waals surface area contributed by atoms with E-state index in [4.69, 9.17) is 0 Å². The van der Waals surface area contributed by atoms with Crippen molar-refractivity contribution in [3.63, 3.8) is 0 Å². The predicted molar refractivity (Wildman–Crippen MR) is 127 cm³/mol. The molecule has 0 spiro atoms. The van der Waals surface area contributed by atoms with E-state index in [0.717, 1.165) is 4.88 Å². The average molecular weight is 498 g/mol. The molecule has 1 saturated heterocycles. The highest BCUT2D eigenvalue weighted by atomic mass is 32.2. The number of benzene rings is 2. The lowest BCUT2D eigenvalue weighted by atomic mass is 10.2. The van der Waals surface area contributed by atoms with Gasteiger partial charge in [-0.15, -0.1) is 28.2 Å². The van der Waals surface area contributed by atoms with Gasteiger partial charge < -0.3 is 10.2 Å². The molecule has 0 aliphatic carbocycles. The molecule has 2 amide bonds. The summed E-state index contributed by atoms with van der Waals surface area (Å²) in [6.45, 7) is 0. The molecular weight excluding hydrogens is 480 g/mol. The number of nitrogens with one attached hydrogen (secondary N) is 1. The van der Waals surface area contributed by atoms with E-state index in [2.05, 4.69) is 15.4 Å². The number of carbonyl (C=O) groups excluding carboxylic acids is 2. The third kappa shape index (κ3) is 4.31. The van der Waals surface area contributed by atoms with Crippen molar-refractivity contribution in [3.8, 4) is 16.4 Å². The fraction of sp³-hybridized carbons (Fsp3) is 0.130. The average Bonchev–Trinajstić information content (AvgIpc) is 3.60. The van der Waals surface area contributed by atoms with Crippen molar-refractivity contribution in [2.24, 2.45) is 0 Å². The maximum Gasteiger partial charge on any atom is 0.294 e. The molecule has 1 N–H and O–H groups in total. The molecule has 0 radical (unpaired) electrons. The summed E-state index contributed by atoms with van der Waals surface area (Å²) >= 11 is 2.81. The third-order valence-corrected chi connectivity index (χ3v) is 7.05. The van der Waals surface area contributed by atoms with Crippen LogP contribution in [-0.2, 0) is 4.79 Å². The molecule has 3 heterocycles. The van der Waals surface area contributed by atoms with Crippen LogP contribution in [0.5, 0.6) is 0 Å². The van der Waals surface area contributed by atoms with Crippen molar-refractivity contribution in [2.75, 3.05) is 16.9 Å². The fourth-order valence-electron chi connectivity index (χ4n) is 3.52. The number of thiophene rings is 1. The molecule has 0 bridgehead atoms. The zero-order chi connectivity index (χ0) is 23.7. The zero-order valence-corrected chi connectivity index (χ0v) is 19.2. The number of rotatable bonds is 5. The number of para-hydroxylation sites is 1. The van der Waals surface area contributed by atoms with Gasteiger partial charge in [0, 0.05) is 5.75 Å². The summed E-state index contributed by atoms with van der Waals surface area (Å²) in [6, 6.07) is 14.5. The van der Waals surface area contributed by atoms with Gasteiger partial charge in [0.25, 0.3) is 5.91 Å². The number of thioether (sulfide) groups is 1. The van der Waals surface area contributed by atoms with Gasteiger partial charge in [0.05, 0.1) is 22.1 Å². The van der Waals surface area contributed by atoms with Crippen LogP contribution < -0.4 is 5.32 Å². The zero-order valence-electron chi connectivity index (χ0n) is 17.5. The van der Waals surface area contributed by atoms with Crippen molar-refractivity contribution in [1.29, 1.82) is 0 Å². The van der Waals surface area contributed by atoms with E-state index >= 15 is 0 Å². The lowest BCUT2D eigenvalue weighted by Gasteiger charge is -2.21. The normalized spacial score (nSPS) is 15.5. The van der Waals surface area contributed by atoms with Crippen LogP contribution in [0.1, 0.15) is 10.6 Å². The van der Waals surface area contributed by atoms with Gasteiger partial charge in [0.15, 0.2) is 5.82 Å². The standard InChI is InChI=1S/C23H17F2N5O2S2/c24-14-5-3-6-15(11-14)30-21(19-9-4-10-34-19)27-20(28-30)23(32)29-13-33-12-18(29)22(31)26-17-8-2-1-7-16(17)25/h1-11,18H,12-13H2,(H,26,31). The molecule has 1 unspecified atom stereocenters. The Bertz CT molecular complexity index is 1360. The second-order valence-corrected chi connectivity index (χ2v) is 9.34. The third-order valence-electron chi connectivity index (χ3n) is 5.17. The number of hydrogen-bond donors (Lipinski definition) is 1. The molecule has 0 saturated carbocycles. The van der Waals surface area contributed by atoms with Crippen LogP contribution >= 0.6 is 23.1 Å². The van der Waals surface area contributed by atoms with E-state index in [1.807, 2.05) is 17.5 Å². The molecular formula is C23H17F2N5O2S2. The smallest absolute Gasteiger partial charge is 0.294 e. The Morgan fingerprint density at radius 2 is 1.91 bits per heavy atom. The Kier molecular flexibility index (Phi) is 6.12. The summed E-state index contributed by atoms with van der Waals surface area (Å²) < 4.78 is 29.3. The predicted octanol–water partition coefficient (Wildman–Crippen LogP) is 4.43. The van der Waals surface area contributed by atoms with Gasteiger partial charge in [-0.1, -0.05) is 24.3 Å². The fourth-order valence-corrected chi connectivity index (χ4v) is 5.38. The Labute approximate surface area is 201 Å². The van der Waals surface area contributed by atoms with Gasteiger partial charge in [-0.2, -0.15) is 0 Å². The highest BCUT2D eigenvalue weighted by molar-refractivity contribution is 7.99. The number of nitrogens with zero attached hydrogens (tertiary/aromatic N) is 4. The van der Waals surface area contributed by atoms with E-state index in [1.54, 1.807) is 18.2 Å². The van der Waals surface area contributed by atoms with Gasteiger partial charge in [0.1, 0.15) is 17.7 Å². The van der Waals surface area contributed by atoms with Gasteiger partial charge >= 0.3 is 0 Å². The molecule has 172 valence electrons. The Morgan fingerprint density at radius 3 is 2.68 bits per heavy atom. The van der Waals surface area contributed by atoms with Crippen LogP contribution in [0.4, 0.5) is 14.5 Å². The number of anilines is 1. The van der Waals surface area contributed by atoms with E-state index < -0.39 is 29.5 Å². The largest absolute Gasteiger partial charge is 0.322 e. The van der Waals surface area contributed by atoms with Crippen LogP contribution in [0.15, 0.2) is 66.0 Å². The van der Waals surface area contributed by atoms with Gasteiger partial charge in [-0.05, 0) is 41.8 Å². The minimum atomic E-state index is -0.816. The maximum absolute atomic E-state index is 14.0. The number of aromatic nitrogens is 3. The minimum absolute atomic E-state index is 0.0466. The molecule has 7 nitrogen and oxygen atoms in total. The second kappa shape index (κ2) is 9.35.